The number of rotatable bonds is 4. The average Bonchev–Trinajstić information content (AvgIpc) is 2.77. The minimum Gasteiger partial charge on any atom is -0.340 e. The molecule has 0 bridgehead atoms. The number of hydrogen-bond donors (Lipinski definition) is 0. The molecule has 20 heavy (non-hydrogen) atoms. The SMILES string of the molecule is CN1CCN(C(=O)CCN(C)C2CCS(=O)(=O)C2)CC1. The molecule has 0 saturated carbocycles. The molecule has 2 aliphatic heterocycles. The van der Waals surface area contributed by atoms with E-state index in [1.807, 2.05) is 16.8 Å². The molecule has 1 atom stereocenters. The summed E-state index contributed by atoms with van der Waals surface area (Å²) in [4.78, 5) is 18.3. The highest BCUT2D eigenvalue weighted by Crippen LogP contribution is 2.16. The fourth-order valence-corrected chi connectivity index (χ4v) is 4.60. The van der Waals surface area contributed by atoms with Gasteiger partial charge >= 0.3 is 0 Å². The number of hydrogen-bond acceptors (Lipinski definition) is 5. The van der Waals surface area contributed by atoms with Gasteiger partial charge in [0.1, 0.15) is 0 Å². The summed E-state index contributed by atoms with van der Waals surface area (Å²) >= 11 is 0. The zero-order valence-corrected chi connectivity index (χ0v) is 13.2. The number of likely N-dealkylation sites (N-methyl/N-ethyl adjacent to an activating group) is 1. The Hall–Kier alpha value is -0.660. The molecule has 6 nitrogen and oxygen atoms in total. The van der Waals surface area contributed by atoms with Crippen molar-refractivity contribution in [1.82, 2.24) is 14.7 Å². The van der Waals surface area contributed by atoms with Crippen molar-refractivity contribution >= 4 is 15.7 Å². The summed E-state index contributed by atoms with van der Waals surface area (Å²) in [5.41, 5.74) is 0. The van der Waals surface area contributed by atoms with E-state index in [4.69, 9.17) is 0 Å². The third kappa shape index (κ3) is 4.17. The highest BCUT2D eigenvalue weighted by Gasteiger charge is 2.30. The van der Waals surface area contributed by atoms with E-state index in [0.717, 1.165) is 26.2 Å². The lowest BCUT2D eigenvalue weighted by Crippen LogP contribution is -2.48. The van der Waals surface area contributed by atoms with Crippen LogP contribution in [0.3, 0.4) is 0 Å². The van der Waals surface area contributed by atoms with E-state index in [1.165, 1.54) is 0 Å². The first kappa shape index (κ1) is 15.7. The molecule has 0 spiro atoms. The molecular weight excluding hydrogens is 278 g/mol. The van der Waals surface area contributed by atoms with Gasteiger partial charge in [-0.3, -0.25) is 4.79 Å². The number of nitrogens with zero attached hydrogens (tertiary/aromatic N) is 3. The molecule has 1 unspecified atom stereocenters. The summed E-state index contributed by atoms with van der Waals surface area (Å²) in [6, 6.07) is 0.0836. The van der Waals surface area contributed by atoms with Gasteiger partial charge in [0.15, 0.2) is 9.84 Å². The van der Waals surface area contributed by atoms with E-state index in [1.54, 1.807) is 0 Å². The zero-order valence-electron chi connectivity index (χ0n) is 12.4. The molecule has 116 valence electrons. The van der Waals surface area contributed by atoms with Crippen molar-refractivity contribution in [2.75, 3.05) is 58.3 Å². The van der Waals surface area contributed by atoms with Crippen LogP contribution in [-0.2, 0) is 14.6 Å². The molecule has 2 rings (SSSR count). The van der Waals surface area contributed by atoms with Gasteiger partial charge in [0.2, 0.25) is 5.91 Å². The first-order valence-corrected chi connectivity index (χ1v) is 9.06. The van der Waals surface area contributed by atoms with Crippen molar-refractivity contribution in [3.8, 4) is 0 Å². The maximum Gasteiger partial charge on any atom is 0.223 e. The van der Waals surface area contributed by atoms with E-state index in [0.29, 0.717) is 19.4 Å². The molecule has 2 saturated heterocycles. The van der Waals surface area contributed by atoms with Gasteiger partial charge in [0.05, 0.1) is 11.5 Å². The smallest absolute Gasteiger partial charge is 0.223 e. The fraction of sp³-hybridized carbons (Fsp3) is 0.923. The minimum atomic E-state index is -2.85. The largest absolute Gasteiger partial charge is 0.340 e. The molecule has 7 heteroatoms. The highest BCUT2D eigenvalue weighted by atomic mass is 32.2. The van der Waals surface area contributed by atoms with Gasteiger partial charge in [0, 0.05) is 45.2 Å². The lowest BCUT2D eigenvalue weighted by molar-refractivity contribution is -0.133. The van der Waals surface area contributed by atoms with E-state index in [9.17, 15) is 13.2 Å². The van der Waals surface area contributed by atoms with Crippen molar-refractivity contribution in [2.45, 2.75) is 18.9 Å². The van der Waals surface area contributed by atoms with Gasteiger partial charge in [-0.05, 0) is 20.5 Å². The second-order valence-corrected chi connectivity index (χ2v) is 8.20. The molecule has 2 fully saturated rings. The number of piperazine rings is 1. The summed E-state index contributed by atoms with van der Waals surface area (Å²) in [5, 5.41) is 0. The Balaban J connectivity index is 1.73. The molecule has 0 aromatic rings. The first-order valence-electron chi connectivity index (χ1n) is 7.24. The lowest BCUT2D eigenvalue weighted by Gasteiger charge is -2.33. The minimum absolute atomic E-state index is 0.0836. The van der Waals surface area contributed by atoms with Crippen molar-refractivity contribution in [1.29, 1.82) is 0 Å². The molecule has 2 aliphatic rings. The number of carbonyl (C=O) groups is 1. The Kier molecular flexibility index (Phi) is 5.04. The molecular formula is C13H25N3O3S. The van der Waals surface area contributed by atoms with Gasteiger partial charge in [-0.2, -0.15) is 0 Å². The summed E-state index contributed by atoms with van der Waals surface area (Å²) in [6.45, 7) is 4.12. The predicted octanol–water partition coefficient (Wildman–Crippen LogP) is -0.731. The molecule has 0 N–H and O–H groups in total. The maximum absolute atomic E-state index is 12.1. The first-order chi connectivity index (χ1) is 9.37. The van der Waals surface area contributed by atoms with Crippen LogP contribution < -0.4 is 0 Å². The number of amides is 1. The summed E-state index contributed by atoms with van der Waals surface area (Å²) in [5.74, 6) is 0.714. The van der Waals surface area contributed by atoms with Gasteiger partial charge in [-0.15, -0.1) is 0 Å². The van der Waals surface area contributed by atoms with Crippen LogP contribution in [0, 0.1) is 0 Å². The van der Waals surface area contributed by atoms with Gasteiger partial charge in [0.25, 0.3) is 0 Å². The Morgan fingerprint density at radius 2 is 1.90 bits per heavy atom. The van der Waals surface area contributed by atoms with E-state index in [-0.39, 0.29) is 23.5 Å². The average molecular weight is 303 g/mol. The molecule has 0 aromatic heterocycles. The highest BCUT2D eigenvalue weighted by molar-refractivity contribution is 7.91. The number of sulfone groups is 1. The van der Waals surface area contributed by atoms with Crippen LogP contribution in [0.1, 0.15) is 12.8 Å². The van der Waals surface area contributed by atoms with E-state index < -0.39 is 9.84 Å². The van der Waals surface area contributed by atoms with Crippen LogP contribution >= 0.6 is 0 Å². The van der Waals surface area contributed by atoms with Crippen molar-refractivity contribution in [3.63, 3.8) is 0 Å². The Labute approximate surface area is 121 Å². The van der Waals surface area contributed by atoms with Gasteiger partial charge in [-0.25, -0.2) is 8.42 Å². The van der Waals surface area contributed by atoms with Crippen LogP contribution in [0.2, 0.25) is 0 Å². The number of carbonyl (C=O) groups excluding carboxylic acids is 1. The van der Waals surface area contributed by atoms with Crippen molar-refractivity contribution in [3.05, 3.63) is 0 Å². The van der Waals surface area contributed by atoms with Crippen LogP contribution in [0.25, 0.3) is 0 Å². The van der Waals surface area contributed by atoms with Gasteiger partial charge < -0.3 is 14.7 Å². The maximum atomic E-state index is 12.1. The van der Waals surface area contributed by atoms with Gasteiger partial charge in [-0.1, -0.05) is 0 Å². The topological polar surface area (TPSA) is 60.9 Å². The molecule has 0 radical (unpaired) electrons. The summed E-state index contributed by atoms with van der Waals surface area (Å²) in [7, 11) is 1.14. The van der Waals surface area contributed by atoms with Crippen LogP contribution in [0.15, 0.2) is 0 Å². The normalized spacial score (nSPS) is 27.1. The van der Waals surface area contributed by atoms with Crippen molar-refractivity contribution < 1.29 is 13.2 Å². The Bertz CT molecular complexity index is 444. The third-order valence-electron chi connectivity index (χ3n) is 4.37. The van der Waals surface area contributed by atoms with Crippen LogP contribution in [-0.4, -0.2) is 93.4 Å². The third-order valence-corrected chi connectivity index (χ3v) is 6.12. The summed E-state index contributed by atoms with van der Waals surface area (Å²) < 4.78 is 22.9. The predicted molar refractivity (Wildman–Crippen MR) is 78.4 cm³/mol. The molecule has 2 heterocycles. The van der Waals surface area contributed by atoms with Crippen LogP contribution in [0.4, 0.5) is 0 Å². The Morgan fingerprint density at radius 1 is 1.25 bits per heavy atom. The molecule has 1 amide bonds. The van der Waals surface area contributed by atoms with Crippen LogP contribution in [0.5, 0.6) is 0 Å². The summed E-state index contributed by atoms with van der Waals surface area (Å²) in [6.07, 6.45) is 1.18. The standard InChI is InChI=1S/C13H25N3O3S/c1-14-6-8-16(9-7-14)13(17)3-5-15(2)12-4-10-20(18,19)11-12/h12H,3-11H2,1-2H3. The monoisotopic (exact) mass is 303 g/mol. The van der Waals surface area contributed by atoms with E-state index in [2.05, 4.69) is 11.9 Å². The van der Waals surface area contributed by atoms with E-state index >= 15 is 0 Å². The van der Waals surface area contributed by atoms with Crippen molar-refractivity contribution in [2.24, 2.45) is 0 Å². The second-order valence-electron chi connectivity index (χ2n) is 5.97. The fourth-order valence-electron chi connectivity index (χ4n) is 2.79. The molecule has 0 aliphatic carbocycles. The lowest BCUT2D eigenvalue weighted by atomic mass is 10.2. The Morgan fingerprint density at radius 3 is 2.45 bits per heavy atom. The molecule has 0 aromatic carbocycles. The second kappa shape index (κ2) is 6.41. The zero-order chi connectivity index (χ0) is 14.8. The quantitative estimate of drug-likeness (QED) is 0.685.